The number of nitrogens with zero attached hydrogens (tertiary/aromatic N) is 2. The average Bonchev–Trinajstić information content (AvgIpc) is 2.50. The number of amides is 1. The molecule has 1 aromatic rings. The van der Waals surface area contributed by atoms with Crippen LogP contribution in [0.5, 0.6) is 0 Å². The Bertz CT molecular complexity index is 616. The van der Waals surface area contributed by atoms with Crippen molar-refractivity contribution in [3.05, 3.63) is 47.3 Å². The molecule has 1 aromatic carbocycles. The molecule has 1 aliphatic heterocycles. The van der Waals surface area contributed by atoms with Crippen LogP contribution in [0.4, 0.5) is 9.18 Å². The first kappa shape index (κ1) is 19.2. The minimum atomic E-state index is -1.33. The highest BCUT2D eigenvalue weighted by Crippen LogP contribution is 2.33. The molecule has 1 fully saturated rings. The summed E-state index contributed by atoms with van der Waals surface area (Å²) in [6, 6.07) is 9.65. The molecule has 0 saturated carbocycles. The van der Waals surface area contributed by atoms with Gasteiger partial charge in [-0.1, -0.05) is 30.3 Å². The molecule has 2 rings (SSSR count). The largest absolute Gasteiger partial charge is 0.444 e. The maximum Gasteiger partial charge on any atom is 0.410 e. The first-order valence-electron chi connectivity index (χ1n) is 8.38. The highest BCUT2D eigenvalue weighted by Gasteiger charge is 2.58. The molecule has 0 radical (unpaired) electrons. The van der Waals surface area contributed by atoms with Crippen LogP contribution in [0.3, 0.4) is 0 Å². The lowest BCUT2D eigenvalue weighted by Gasteiger charge is -2.42. The number of rotatable bonds is 6. The molecule has 5 nitrogen and oxygen atoms in total. The van der Waals surface area contributed by atoms with Gasteiger partial charge in [-0.25, -0.2) is 15.8 Å². The highest BCUT2D eigenvalue weighted by molar-refractivity contribution is 5.70. The van der Waals surface area contributed by atoms with Crippen LogP contribution in [-0.4, -0.2) is 48.0 Å². The van der Waals surface area contributed by atoms with E-state index in [1.54, 1.807) is 20.8 Å². The van der Waals surface area contributed by atoms with Gasteiger partial charge in [-0.05, 0) is 26.3 Å². The number of carbonyl (C=O) groups excluding carboxylic acids is 1. The number of hydrogen-bond donors (Lipinski definition) is 0. The molecule has 0 aromatic heterocycles. The van der Waals surface area contributed by atoms with Gasteiger partial charge in [-0.3, -0.25) is 4.90 Å². The Labute approximate surface area is 148 Å². The van der Waals surface area contributed by atoms with Gasteiger partial charge in [0.05, 0.1) is 13.2 Å². The van der Waals surface area contributed by atoms with E-state index >= 15 is 0 Å². The quantitative estimate of drug-likeness (QED) is 0.579. The summed E-state index contributed by atoms with van der Waals surface area (Å²) < 4.78 is 25.3. The monoisotopic (exact) mass is 348 g/mol. The second-order valence-electron chi connectivity index (χ2n) is 7.35. The minimum Gasteiger partial charge on any atom is -0.444 e. The van der Waals surface area contributed by atoms with Crippen LogP contribution in [-0.2, 0) is 16.1 Å². The summed E-state index contributed by atoms with van der Waals surface area (Å²) in [6.07, 6.45) is -1.70. The van der Waals surface area contributed by atoms with Gasteiger partial charge < -0.3 is 14.3 Å². The van der Waals surface area contributed by atoms with Crippen molar-refractivity contribution in [3.8, 4) is 0 Å². The third-order valence-electron chi connectivity index (χ3n) is 4.01. The van der Waals surface area contributed by atoms with Crippen molar-refractivity contribution in [2.75, 3.05) is 19.7 Å². The number of hydrogen-bond acceptors (Lipinski definition) is 3. The van der Waals surface area contributed by atoms with Gasteiger partial charge in [0, 0.05) is 6.42 Å². The molecule has 1 aliphatic rings. The third-order valence-corrected chi connectivity index (χ3v) is 4.01. The smallest absolute Gasteiger partial charge is 0.410 e. The lowest BCUT2D eigenvalue weighted by atomic mass is 9.84. The fourth-order valence-corrected chi connectivity index (χ4v) is 2.63. The van der Waals surface area contributed by atoms with E-state index in [9.17, 15) is 9.18 Å². The fraction of sp³-hybridized carbons (Fsp3) is 0.579. The standard InChI is InChI=1S/C19H25FN2O3/c1-18(2,3)25-17(23)22-13-19(14-22,21-4)16(20)10-11-24-12-15-8-6-5-7-9-15/h5-9,16H,10-14H2,1-3H3. The molecule has 0 bridgehead atoms. The fourth-order valence-electron chi connectivity index (χ4n) is 2.63. The maximum atomic E-state index is 14.5. The van der Waals surface area contributed by atoms with E-state index in [0.717, 1.165) is 5.56 Å². The zero-order valence-electron chi connectivity index (χ0n) is 15.0. The Kier molecular flexibility index (Phi) is 6.02. The first-order chi connectivity index (χ1) is 11.8. The van der Waals surface area contributed by atoms with Crippen LogP contribution in [0, 0.1) is 6.57 Å². The Morgan fingerprint density at radius 2 is 2.00 bits per heavy atom. The van der Waals surface area contributed by atoms with Crippen molar-refractivity contribution in [1.29, 1.82) is 0 Å². The van der Waals surface area contributed by atoms with Crippen molar-refractivity contribution >= 4 is 6.09 Å². The highest BCUT2D eigenvalue weighted by atomic mass is 19.1. The number of halogens is 1. The first-order valence-corrected chi connectivity index (χ1v) is 8.38. The Morgan fingerprint density at radius 3 is 2.56 bits per heavy atom. The molecule has 0 aliphatic carbocycles. The van der Waals surface area contributed by atoms with Crippen molar-refractivity contribution in [2.24, 2.45) is 0 Å². The summed E-state index contributed by atoms with van der Waals surface area (Å²) in [5.41, 5.74) is -0.751. The van der Waals surface area contributed by atoms with E-state index in [0.29, 0.717) is 6.61 Å². The molecule has 25 heavy (non-hydrogen) atoms. The van der Waals surface area contributed by atoms with E-state index in [2.05, 4.69) is 4.85 Å². The predicted molar refractivity (Wildman–Crippen MR) is 92.8 cm³/mol. The third kappa shape index (κ3) is 5.17. The maximum absolute atomic E-state index is 14.5. The summed E-state index contributed by atoms with van der Waals surface area (Å²) in [7, 11) is 0. The van der Waals surface area contributed by atoms with Crippen molar-refractivity contribution in [2.45, 2.75) is 51.1 Å². The summed E-state index contributed by atoms with van der Waals surface area (Å²) >= 11 is 0. The predicted octanol–water partition coefficient (Wildman–Crippen LogP) is 3.84. The van der Waals surface area contributed by atoms with E-state index in [1.807, 2.05) is 30.3 Å². The Balaban J connectivity index is 1.75. The lowest BCUT2D eigenvalue weighted by Crippen LogP contribution is -2.66. The van der Waals surface area contributed by atoms with Gasteiger partial charge in [0.15, 0.2) is 6.17 Å². The van der Waals surface area contributed by atoms with Crippen LogP contribution in [0.1, 0.15) is 32.8 Å². The minimum absolute atomic E-state index is 0.0608. The van der Waals surface area contributed by atoms with Gasteiger partial charge in [0.1, 0.15) is 18.7 Å². The van der Waals surface area contributed by atoms with Gasteiger partial charge in [0.2, 0.25) is 0 Å². The molecule has 136 valence electrons. The van der Waals surface area contributed by atoms with E-state index < -0.39 is 23.4 Å². The topological polar surface area (TPSA) is 43.1 Å². The molecule has 1 saturated heterocycles. The summed E-state index contributed by atoms with van der Waals surface area (Å²) in [5.74, 6) is 0. The van der Waals surface area contributed by atoms with Crippen LogP contribution in [0.25, 0.3) is 4.85 Å². The molecule has 1 heterocycles. The summed E-state index contributed by atoms with van der Waals surface area (Å²) in [5, 5.41) is 0. The summed E-state index contributed by atoms with van der Waals surface area (Å²) in [6.45, 7) is 13.4. The number of alkyl halides is 1. The Hall–Kier alpha value is -2.13. The average molecular weight is 348 g/mol. The van der Waals surface area contributed by atoms with Crippen molar-refractivity contribution < 1.29 is 18.7 Å². The van der Waals surface area contributed by atoms with Crippen LogP contribution >= 0.6 is 0 Å². The molecule has 1 unspecified atom stereocenters. The lowest BCUT2D eigenvalue weighted by molar-refractivity contribution is -0.0207. The van der Waals surface area contributed by atoms with E-state index in [1.165, 1.54) is 4.90 Å². The molecule has 1 atom stereocenters. The van der Waals surface area contributed by atoms with E-state index in [-0.39, 0.29) is 26.1 Å². The van der Waals surface area contributed by atoms with Gasteiger partial charge >= 0.3 is 6.09 Å². The molecule has 0 N–H and O–H groups in total. The molecule has 1 amide bonds. The molecule has 6 heteroatoms. The Morgan fingerprint density at radius 1 is 1.36 bits per heavy atom. The zero-order valence-corrected chi connectivity index (χ0v) is 15.0. The molecule has 0 spiro atoms. The van der Waals surface area contributed by atoms with Crippen molar-refractivity contribution in [3.63, 3.8) is 0 Å². The zero-order chi connectivity index (χ0) is 18.5. The summed E-state index contributed by atoms with van der Waals surface area (Å²) in [4.78, 5) is 16.8. The normalized spacial score (nSPS) is 17.3. The number of benzene rings is 1. The van der Waals surface area contributed by atoms with Crippen LogP contribution < -0.4 is 0 Å². The number of ether oxygens (including phenoxy) is 2. The SMILES string of the molecule is [C-]#[N+]C1(C(F)CCOCc2ccccc2)CN(C(=O)OC(C)(C)C)C1. The number of carbonyl (C=O) groups is 1. The van der Waals surface area contributed by atoms with E-state index in [4.69, 9.17) is 16.0 Å². The van der Waals surface area contributed by atoms with Crippen molar-refractivity contribution in [1.82, 2.24) is 4.90 Å². The van der Waals surface area contributed by atoms with Gasteiger partial charge in [0.25, 0.3) is 5.54 Å². The number of likely N-dealkylation sites (tertiary alicyclic amines) is 1. The van der Waals surface area contributed by atoms with Crippen LogP contribution in [0.15, 0.2) is 30.3 Å². The van der Waals surface area contributed by atoms with Gasteiger partial charge in [-0.2, -0.15) is 0 Å². The second kappa shape index (κ2) is 7.83. The van der Waals surface area contributed by atoms with Crippen LogP contribution in [0.2, 0.25) is 0 Å². The molecular formula is C19H25FN2O3. The second-order valence-corrected chi connectivity index (χ2v) is 7.35. The molecular weight excluding hydrogens is 323 g/mol. The van der Waals surface area contributed by atoms with Gasteiger partial charge in [-0.15, -0.1) is 0 Å².